The highest BCUT2D eigenvalue weighted by atomic mass is 35.5. The zero-order valence-corrected chi connectivity index (χ0v) is 11.2. The third-order valence-electron chi connectivity index (χ3n) is 2.83. The van der Waals surface area contributed by atoms with Gasteiger partial charge in [-0.25, -0.2) is 9.78 Å². The number of halogens is 2. The maximum absolute atomic E-state index is 12.0. The number of likely N-dealkylation sites (tertiary alicyclic amines) is 1. The molecule has 0 bridgehead atoms. The highest BCUT2D eigenvalue weighted by Crippen LogP contribution is 2.21. The largest absolute Gasteiger partial charge is 0.391 e. The molecule has 18 heavy (non-hydrogen) atoms. The summed E-state index contributed by atoms with van der Waals surface area (Å²) in [6, 6.07) is 2.76. The number of pyridine rings is 1. The van der Waals surface area contributed by atoms with Gasteiger partial charge in [-0.3, -0.25) is 0 Å². The fourth-order valence-corrected chi connectivity index (χ4v) is 2.48. The number of carbonyl (C=O) groups excluding carboxylic acids is 1. The van der Waals surface area contributed by atoms with E-state index in [0.717, 1.165) is 0 Å². The molecule has 98 valence electrons. The Morgan fingerprint density at radius 3 is 2.61 bits per heavy atom. The number of β-amino-alcohol motifs (C(OH)–C–C–N with tert-alkyl or cyclic N) is 1. The molecule has 2 rings (SSSR count). The molecule has 0 aliphatic carbocycles. The molecule has 2 amide bonds. The summed E-state index contributed by atoms with van der Waals surface area (Å²) in [5, 5.41) is 12.6. The number of nitrogens with zero attached hydrogens (tertiary/aromatic N) is 2. The van der Waals surface area contributed by atoms with Crippen LogP contribution in [0.2, 0.25) is 10.3 Å². The average Bonchev–Trinajstić information content (AvgIpc) is 2.56. The predicted molar refractivity (Wildman–Crippen MR) is 70.1 cm³/mol. The first-order valence-corrected chi connectivity index (χ1v) is 6.30. The molecule has 1 aliphatic rings. The van der Waals surface area contributed by atoms with E-state index in [1.807, 2.05) is 6.92 Å². The minimum atomic E-state index is -0.463. The zero-order chi connectivity index (χ0) is 13.3. The Bertz CT molecular complexity index is 449. The molecule has 1 saturated heterocycles. The van der Waals surface area contributed by atoms with Gasteiger partial charge >= 0.3 is 6.03 Å². The average molecular weight is 290 g/mol. The van der Waals surface area contributed by atoms with Crippen molar-refractivity contribution in [1.82, 2.24) is 9.88 Å². The number of aliphatic hydroxyl groups excluding tert-OH is 1. The first-order valence-electron chi connectivity index (χ1n) is 5.54. The van der Waals surface area contributed by atoms with E-state index in [0.29, 0.717) is 18.7 Å². The second-order valence-corrected chi connectivity index (χ2v) is 5.10. The second-order valence-electron chi connectivity index (χ2n) is 4.32. The van der Waals surface area contributed by atoms with Crippen molar-refractivity contribution in [2.45, 2.75) is 25.5 Å². The quantitative estimate of drug-likeness (QED) is 0.780. The van der Waals surface area contributed by atoms with Crippen molar-refractivity contribution in [1.29, 1.82) is 0 Å². The zero-order valence-electron chi connectivity index (χ0n) is 9.73. The Morgan fingerprint density at radius 2 is 2.11 bits per heavy atom. The van der Waals surface area contributed by atoms with Crippen molar-refractivity contribution < 1.29 is 9.90 Å². The van der Waals surface area contributed by atoms with Gasteiger partial charge in [-0.15, -0.1) is 0 Å². The van der Waals surface area contributed by atoms with Crippen LogP contribution in [0.15, 0.2) is 12.1 Å². The molecule has 0 spiro atoms. The normalized spacial score (nSPS) is 23.2. The van der Waals surface area contributed by atoms with E-state index >= 15 is 0 Å². The van der Waals surface area contributed by atoms with Crippen LogP contribution >= 0.6 is 23.2 Å². The Kier molecular flexibility index (Phi) is 3.94. The van der Waals surface area contributed by atoms with Crippen LogP contribution in [0.3, 0.4) is 0 Å². The van der Waals surface area contributed by atoms with Crippen LogP contribution in [-0.2, 0) is 0 Å². The number of hydrogen-bond donors (Lipinski definition) is 2. The van der Waals surface area contributed by atoms with Gasteiger partial charge in [0.1, 0.15) is 10.3 Å². The van der Waals surface area contributed by atoms with E-state index in [2.05, 4.69) is 10.3 Å². The third-order valence-corrected chi connectivity index (χ3v) is 3.21. The number of rotatable bonds is 1. The van der Waals surface area contributed by atoms with Crippen LogP contribution in [-0.4, -0.2) is 39.7 Å². The van der Waals surface area contributed by atoms with Crippen molar-refractivity contribution >= 4 is 34.9 Å². The fourth-order valence-electron chi connectivity index (χ4n) is 2.02. The topological polar surface area (TPSA) is 65.5 Å². The summed E-state index contributed by atoms with van der Waals surface area (Å²) < 4.78 is 0. The minimum Gasteiger partial charge on any atom is -0.391 e. The lowest BCUT2D eigenvalue weighted by Crippen LogP contribution is -2.37. The molecule has 1 aliphatic heterocycles. The lowest BCUT2D eigenvalue weighted by atomic mass is 10.2. The molecule has 5 nitrogen and oxygen atoms in total. The van der Waals surface area contributed by atoms with Crippen molar-refractivity contribution in [2.75, 3.05) is 11.9 Å². The van der Waals surface area contributed by atoms with Crippen LogP contribution < -0.4 is 5.32 Å². The molecule has 1 aromatic rings. The fraction of sp³-hybridized carbons (Fsp3) is 0.455. The maximum atomic E-state index is 12.0. The number of nitrogens with one attached hydrogen (secondary N) is 1. The van der Waals surface area contributed by atoms with E-state index in [9.17, 15) is 9.90 Å². The van der Waals surface area contributed by atoms with E-state index < -0.39 is 6.10 Å². The van der Waals surface area contributed by atoms with Gasteiger partial charge in [-0.1, -0.05) is 23.2 Å². The van der Waals surface area contributed by atoms with Gasteiger partial charge in [0, 0.05) is 18.3 Å². The minimum absolute atomic E-state index is 0.00720. The molecule has 1 aromatic heterocycles. The highest BCUT2D eigenvalue weighted by Gasteiger charge is 2.31. The van der Waals surface area contributed by atoms with Crippen LogP contribution in [0.5, 0.6) is 0 Å². The first-order chi connectivity index (χ1) is 8.45. The van der Waals surface area contributed by atoms with Crippen LogP contribution in [0.1, 0.15) is 13.3 Å². The molecular formula is C11H13Cl2N3O2. The standard InChI is InChI=1S/C11H13Cl2N3O2/c1-6-2-8(17)5-16(6)11(18)14-7-3-9(12)15-10(13)4-7/h3-4,6,8,17H,2,5H2,1H3,(H,14,15,18)/t6-,8-/m1/s1. The molecule has 0 unspecified atom stereocenters. The summed E-state index contributed by atoms with van der Waals surface area (Å²) in [6.45, 7) is 2.22. The number of aliphatic hydroxyl groups is 1. The lowest BCUT2D eigenvalue weighted by Gasteiger charge is -2.21. The van der Waals surface area contributed by atoms with E-state index in [1.54, 1.807) is 4.90 Å². The van der Waals surface area contributed by atoms with Gasteiger partial charge in [0.05, 0.1) is 6.10 Å². The van der Waals surface area contributed by atoms with Crippen molar-refractivity contribution in [3.63, 3.8) is 0 Å². The molecular weight excluding hydrogens is 277 g/mol. The second kappa shape index (κ2) is 5.30. The van der Waals surface area contributed by atoms with E-state index in [-0.39, 0.29) is 22.4 Å². The molecule has 0 aromatic carbocycles. The van der Waals surface area contributed by atoms with Gasteiger partial charge in [0.15, 0.2) is 0 Å². The third kappa shape index (κ3) is 3.04. The first kappa shape index (κ1) is 13.4. The molecule has 2 atom stereocenters. The smallest absolute Gasteiger partial charge is 0.322 e. The Labute approximate surface area is 115 Å². The van der Waals surface area contributed by atoms with Crippen LogP contribution in [0.4, 0.5) is 10.5 Å². The van der Waals surface area contributed by atoms with Gasteiger partial charge < -0.3 is 15.3 Å². The Morgan fingerprint density at radius 1 is 1.50 bits per heavy atom. The molecule has 2 N–H and O–H groups in total. The number of amides is 2. The highest BCUT2D eigenvalue weighted by molar-refractivity contribution is 6.32. The predicted octanol–water partition coefficient (Wildman–Crippen LogP) is 2.38. The number of carbonyl (C=O) groups is 1. The summed E-state index contributed by atoms with van der Waals surface area (Å²) in [4.78, 5) is 17.4. The van der Waals surface area contributed by atoms with Gasteiger partial charge in [0.2, 0.25) is 0 Å². The molecule has 1 fully saturated rings. The number of urea groups is 1. The summed E-state index contributed by atoms with van der Waals surface area (Å²) in [5.41, 5.74) is 0.485. The number of aromatic nitrogens is 1. The van der Waals surface area contributed by atoms with Crippen molar-refractivity contribution in [3.8, 4) is 0 Å². The Balaban J connectivity index is 2.07. The van der Waals surface area contributed by atoms with Crippen molar-refractivity contribution in [3.05, 3.63) is 22.4 Å². The van der Waals surface area contributed by atoms with Crippen molar-refractivity contribution in [2.24, 2.45) is 0 Å². The summed E-state index contributed by atoms with van der Waals surface area (Å²) in [6.07, 6.45) is 0.126. The molecule has 0 saturated carbocycles. The SMILES string of the molecule is C[C@@H]1C[C@@H](O)CN1C(=O)Nc1cc(Cl)nc(Cl)c1. The lowest BCUT2D eigenvalue weighted by molar-refractivity contribution is 0.176. The van der Waals surface area contributed by atoms with Gasteiger partial charge in [0.25, 0.3) is 0 Å². The van der Waals surface area contributed by atoms with E-state index in [1.165, 1.54) is 12.1 Å². The van der Waals surface area contributed by atoms with Crippen LogP contribution in [0, 0.1) is 0 Å². The summed E-state index contributed by atoms with van der Waals surface area (Å²) >= 11 is 11.5. The molecule has 0 radical (unpaired) electrons. The van der Waals surface area contributed by atoms with E-state index in [4.69, 9.17) is 23.2 Å². The molecule has 7 heteroatoms. The monoisotopic (exact) mass is 289 g/mol. The Hall–Kier alpha value is -1.04. The summed E-state index contributed by atoms with van der Waals surface area (Å²) in [7, 11) is 0. The van der Waals surface area contributed by atoms with Gasteiger partial charge in [-0.2, -0.15) is 0 Å². The maximum Gasteiger partial charge on any atom is 0.322 e. The number of hydrogen-bond acceptors (Lipinski definition) is 3. The van der Waals surface area contributed by atoms with Gasteiger partial charge in [-0.05, 0) is 25.5 Å². The summed E-state index contributed by atoms with van der Waals surface area (Å²) in [5.74, 6) is 0. The van der Waals surface area contributed by atoms with Crippen LogP contribution in [0.25, 0.3) is 0 Å². The molecule has 2 heterocycles. The number of anilines is 1.